The van der Waals surface area contributed by atoms with Crippen LogP contribution in [-0.4, -0.2) is 17.6 Å². The molecule has 1 amide bonds. The lowest BCUT2D eigenvalue weighted by Gasteiger charge is -2.07. The van der Waals surface area contributed by atoms with Crippen LogP contribution >= 0.6 is 0 Å². The Kier molecular flexibility index (Phi) is 3.12. The molecule has 1 saturated carbocycles. The van der Waals surface area contributed by atoms with E-state index >= 15 is 0 Å². The summed E-state index contributed by atoms with van der Waals surface area (Å²) in [5.74, 6) is 0.552. The van der Waals surface area contributed by atoms with Gasteiger partial charge in [-0.15, -0.1) is 0 Å². The van der Waals surface area contributed by atoms with Gasteiger partial charge >= 0.3 is 0 Å². The smallest absolute Gasteiger partial charge is 0.251 e. The van der Waals surface area contributed by atoms with Crippen molar-refractivity contribution < 1.29 is 9.90 Å². The van der Waals surface area contributed by atoms with Gasteiger partial charge in [0.25, 0.3) is 5.91 Å². The highest BCUT2D eigenvalue weighted by molar-refractivity contribution is 5.94. The average Bonchev–Trinajstić information content (AvgIpc) is 2.70. The summed E-state index contributed by atoms with van der Waals surface area (Å²) < 4.78 is 0. The van der Waals surface area contributed by atoms with Gasteiger partial charge in [0.05, 0.1) is 0 Å². The van der Waals surface area contributed by atoms with Crippen molar-refractivity contribution in [2.45, 2.75) is 34.6 Å². The number of amides is 1. The zero-order valence-electron chi connectivity index (χ0n) is 12.4. The maximum atomic E-state index is 12.0. The molecule has 1 aliphatic rings. The maximum Gasteiger partial charge on any atom is 0.251 e. The predicted octanol–water partition coefficient (Wildman–Crippen LogP) is 3.11. The monoisotopic (exact) mass is 261 g/mol. The van der Waals surface area contributed by atoms with Crippen LogP contribution in [0.1, 0.15) is 43.6 Å². The van der Waals surface area contributed by atoms with Crippen LogP contribution in [0.3, 0.4) is 0 Å². The third kappa shape index (κ3) is 2.22. The predicted molar refractivity (Wildman–Crippen MR) is 76.2 cm³/mol. The van der Waals surface area contributed by atoms with Gasteiger partial charge in [-0.3, -0.25) is 4.79 Å². The number of phenols is 1. The molecule has 0 unspecified atom stereocenters. The largest absolute Gasteiger partial charge is 0.508 e. The Morgan fingerprint density at radius 3 is 2.32 bits per heavy atom. The minimum absolute atomic E-state index is 0.117. The second kappa shape index (κ2) is 4.26. The maximum absolute atomic E-state index is 12.0. The summed E-state index contributed by atoms with van der Waals surface area (Å²) in [6.45, 7) is 11.5. The summed E-state index contributed by atoms with van der Waals surface area (Å²) in [6, 6.07) is 5.02. The van der Waals surface area contributed by atoms with Crippen LogP contribution in [0.15, 0.2) is 18.2 Å². The fraction of sp³-hybridized carbons (Fsp3) is 0.562. The van der Waals surface area contributed by atoms with Crippen molar-refractivity contribution in [3.63, 3.8) is 0 Å². The van der Waals surface area contributed by atoms with Crippen molar-refractivity contribution in [2.24, 2.45) is 16.7 Å². The summed E-state index contributed by atoms with van der Waals surface area (Å²) >= 11 is 0. The molecular formula is C16H23NO2. The van der Waals surface area contributed by atoms with E-state index in [1.165, 1.54) is 6.07 Å². The normalized spacial score (nSPS) is 20.1. The van der Waals surface area contributed by atoms with Crippen LogP contribution in [-0.2, 0) is 0 Å². The number of aromatic hydroxyl groups is 1. The van der Waals surface area contributed by atoms with Gasteiger partial charge in [0.2, 0.25) is 0 Å². The van der Waals surface area contributed by atoms with Gasteiger partial charge in [-0.25, -0.2) is 0 Å². The zero-order chi connectivity index (χ0) is 14.4. The first-order valence-corrected chi connectivity index (χ1v) is 6.75. The molecule has 0 bridgehead atoms. The van der Waals surface area contributed by atoms with Crippen LogP contribution in [0, 0.1) is 23.7 Å². The number of hydrogen-bond donors (Lipinski definition) is 2. The van der Waals surface area contributed by atoms with E-state index in [-0.39, 0.29) is 22.5 Å². The van der Waals surface area contributed by atoms with Gasteiger partial charge < -0.3 is 10.4 Å². The Labute approximate surface area is 115 Å². The number of carbonyl (C=O) groups is 1. The zero-order valence-corrected chi connectivity index (χ0v) is 12.4. The molecule has 0 saturated heterocycles. The molecule has 0 radical (unpaired) electrons. The lowest BCUT2D eigenvalue weighted by Crippen LogP contribution is -2.27. The summed E-state index contributed by atoms with van der Waals surface area (Å²) in [5.41, 5.74) is 1.84. The van der Waals surface area contributed by atoms with Crippen LogP contribution < -0.4 is 5.32 Å². The molecule has 0 spiro atoms. The molecule has 3 nitrogen and oxygen atoms in total. The number of phenolic OH excluding ortho intramolecular Hbond substituents is 1. The van der Waals surface area contributed by atoms with Gasteiger partial charge in [0.1, 0.15) is 5.75 Å². The number of hydrogen-bond acceptors (Lipinski definition) is 2. The Balaban J connectivity index is 1.98. The van der Waals surface area contributed by atoms with E-state index in [1.54, 1.807) is 12.1 Å². The van der Waals surface area contributed by atoms with Gasteiger partial charge in [-0.1, -0.05) is 33.8 Å². The summed E-state index contributed by atoms with van der Waals surface area (Å²) in [7, 11) is 0. The average molecular weight is 261 g/mol. The molecule has 104 valence electrons. The molecular weight excluding hydrogens is 238 g/mol. The number of rotatable bonds is 3. The summed E-state index contributed by atoms with van der Waals surface area (Å²) in [4.78, 5) is 12.0. The molecule has 0 aliphatic heterocycles. The van der Waals surface area contributed by atoms with Gasteiger partial charge in [-0.05, 0) is 41.4 Å². The standard InChI is InChI=1S/C16H23NO2/c1-10-6-7-11(8-12(10)18)14(19)17-9-13-15(2,3)16(13,4)5/h6-8,13,18H,9H2,1-5H3,(H,17,19). The first-order chi connectivity index (χ1) is 8.68. The lowest BCUT2D eigenvalue weighted by atomic mass is 10.0. The molecule has 1 aliphatic carbocycles. The topological polar surface area (TPSA) is 49.3 Å². The van der Waals surface area contributed by atoms with Crippen LogP contribution in [0.4, 0.5) is 0 Å². The van der Waals surface area contributed by atoms with Crippen LogP contribution in [0.5, 0.6) is 5.75 Å². The molecule has 2 N–H and O–H groups in total. The third-order valence-corrected chi connectivity index (χ3v) is 5.26. The van der Waals surface area contributed by atoms with E-state index in [0.29, 0.717) is 18.0 Å². The second-order valence-electron chi connectivity index (χ2n) is 6.71. The molecule has 0 aromatic heterocycles. The number of benzene rings is 1. The van der Waals surface area contributed by atoms with Crippen LogP contribution in [0.2, 0.25) is 0 Å². The van der Waals surface area contributed by atoms with Crippen molar-refractivity contribution in [2.75, 3.05) is 6.54 Å². The van der Waals surface area contributed by atoms with Crippen molar-refractivity contribution in [1.82, 2.24) is 5.32 Å². The van der Waals surface area contributed by atoms with E-state index in [4.69, 9.17) is 0 Å². The number of carbonyl (C=O) groups excluding carboxylic acids is 1. The van der Waals surface area contributed by atoms with Crippen molar-refractivity contribution in [1.29, 1.82) is 0 Å². The highest BCUT2D eigenvalue weighted by Crippen LogP contribution is 2.67. The van der Waals surface area contributed by atoms with Gasteiger partial charge in [0.15, 0.2) is 0 Å². The molecule has 3 heteroatoms. The molecule has 1 fully saturated rings. The van der Waals surface area contributed by atoms with E-state index in [9.17, 15) is 9.90 Å². The van der Waals surface area contributed by atoms with E-state index in [2.05, 4.69) is 33.0 Å². The number of aryl methyl sites for hydroxylation is 1. The Morgan fingerprint density at radius 1 is 1.26 bits per heavy atom. The first-order valence-electron chi connectivity index (χ1n) is 6.75. The first kappa shape index (κ1) is 13.9. The highest BCUT2D eigenvalue weighted by Gasteiger charge is 2.64. The molecule has 1 aromatic rings. The quantitative estimate of drug-likeness (QED) is 0.878. The third-order valence-electron chi connectivity index (χ3n) is 5.26. The molecule has 0 atom stereocenters. The lowest BCUT2D eigenvalue weighted by molar-refractivity contribution is 0.0949. The molecule has 2 rings (SSSR count). The van der Waals surface area contributed by atoms with Crippen LogP contribution in [0.25, 0.3) is 0 Å². The van der Waals surface area contributed by atoms with Crippen molar-refractivity contribution >= 4 is 5.91 Å². The Bertz CT molecular complexity index is 503. The van der Waals surface area contributed by atoms with Gasteiger partial charge in [0, 0.05) is 12.1 Å². The Morgan fingerprint density at radius 2 is 1.84 bits per heavy atom. The molecule has 0 heterocycles. The van der Waals surface area contributed by atoms with Crippen molar-refractivity contribution in [3.8, 4) is 5.75 Å². The van der Waals surface area contributed by atoms with Gasteiger partial charge in [-0.2, -0.15) is 0 Å². The summed E-state index contributed by atoms with van der Waals surface area (Å²) in [6.07, 6.45) is 0. The number of nitrogens with one attached hydrogen (secondary N) is 1. The van der Waals surface area contributed by atoms with E-state index in [1.807, 2.05) is 6.92 Å². The molecule has 19 heavy (non-hydrogen) atoms. The van der Waals surface area contributed by atoms with E-state index in [0.717, 1.165) is 5.56 Å². The molecule has 1 aromatic carbocycles. The summed E-state index contributed by atoms with van der Waals surface area (Å²) in [5, 5.41) is 12.6. The Hall–Kier alpha value is -1.51. The minimum Gasteiger partial charge on any atom is -0.508 e. The minimum atomic E-state index is -0.117. The SMILES string of the molecule is Cc1ccc(C(=O)NCC2C(C)(C)C2(C)C)cc1O. The van der Waals surface area contributed by atoms with Crippen molar-refractivity contribution in [3.05, 3.63) is 29.3 Å². The fourth-order valence-corrected chi connectivity index (χ4v) is 2.89. The highest BCUT2D eigenvalue weighted by atomic mass is 16.3. The van der Waals surface area contributed by atoms with E-state index < -0.39 is 0 Å². The fourth-order valence-electron chi connectivity index (χ4n) is 2.89. The second-order valence-corrected chi connectivity index (χ2v) is 6.71.